The fourth-order valence-corrected chi connectivity index (χ4v) is 1.42. The molecule has 1 aliphatic carbocycles. The van der Waals surface area contributed by atoms with E-state index in [1.54, 1.807) is 0 Å². The molecule has 2 rings (SSSR count). The molecule has 0 spiro atoms. The Morgan fingerprint density at radius 1 is 1.47 bits per heavy atom. The highest BCUT2D eigenvalue weighted by Gasteiger charge is 2.24. The highest BCUT2D eigenvalue weighted by molar-refractivity contribution is 5.24. The van der Waals surface area contributed by atoms with Gasteiger partial charge >= 0.3 is 0 Å². The first kappa shape index (κ1) is 11.8. The van der Waals surface area contributed by atoms with Gasteiger partial charge in [0.15, 0.2) is 11.6 Å². The molecule has 1 aliphatic rings. The van der Waals surface area contributed by atoms with Crippen molar-refractivity contribution in [3.05, 3.63) is 29.8 Å². The Morgan fingerprint density at radius 2 is 2.24 bits per heavy atom. The zero-order valence-corrected chi connectivity index (χ0v) is 9.12. The summed E-state index contributed by atoms with van der Waals surface area (Å²) in [6.07, 6.45) is 2.12. The summed E-state index contributed by atoms with van der Waals surface area (Å²) in [7, 11) is 0. The third-order valence-corrected chi connectivity index (χ3v) is 2.47. The van der Waals surface area contributed by atoms with E-state index in [-0.39, 0.29) is 12.4 Å². The lowest BCUT2D eigenvalue weighted by molar-refractivity contribution is 0.275. The first-order valence-electron chi connectivity index (χ1n) is 5.42. The molecule has 0 radical (unpaired) electrons. The minimum atomic E-state index is -0.756. The number of hydrogen-bond acceptors (Lipinski definition) is 3. The number of nitriles is 1. The van der Waals surface area contributed by atoms with Gasteiger partial charge in [-0.15, -0.1) is 0 Å². The van der Waals surface area contributed by atoms with Crippen molar-refractivity contribution in [1.29, 1.82) is 5.26 Å². The lowest BCUT2D eigenvalue weighted by Gasteiger charge is -2.12. The summed E-state index contributed by atoms with van der Waals surface area (Å²) in [5, 5.41) is 11.9. The molecule has 1 aromatic carbocycles. The Kier molecular flexibility index (Phi) is 3.55. The molecule has 17 heavy (non-hydrogen) atoms. The average molecular weight is 238 g/mol. The van der Waals surface area contributed by atoms with Crippen LogP contribution < -0.4 is 10.1 Å². The van der Waals surface area contributed by atoms with Crippen molar-refractivity contribution in [2.24, 2.45) is 0 Å². The second kappa shape index (κ2) is 5.11. The molecule has 1 unspecified atom stereocenters. The van der Waals surface area contributed by atoms with E-state index in [1.165, 1.54) is 6.07 Å². The number of rotatable bonds is 5. The number of ether oxygens (including phenoxy) is 1. The molecule has 1 N–H and O–H groups in total. The summed E-state index contributed by atoms with van der Waals surface area (Å²) < 4.78 is 31.0. The second-order valence-corrected chi connectivity index (χ2v) is 4.01. The Balaban J connectivity index is 1.89. The molecule has 0 aromatic heterocycles. The Morgan fingerprint density at radius 3 is 2.82 bits per heavy atom. The highest BCUT2D eigenvalue weighted by atomic mass is 19.1. The van der Waals surface area contributed by atoms with Gasteiger partial charge in [-0.25, -0.2) is 8.78 Å². The molecule has 1 saturated carbocycles. The predicted octanol–water partition coefficient (Wildman–Crippen LogP) is 1.99. The zero-order valence-electron chi connectivity index (χ0n) is 9.12. The van der Waals surface area contributed by atoms with Crippen LogP contribution in [0.15, 0.2) is 18.2 Å². The minimum absolute atomic E-state index is 0.0377. The van der Waals surface area contributed by atoms with Crippen LogP contribution in [0, 0.1) is 23.0 Å². The highest BCUT2D eigenvalue weighted by Crippen LogP contribution is 2.20. The predicted molar refractivity (Wildman–Crippen MR) is 57.4 cm³/mol. The van der Waals surface area contributed by atoms with Gasteiger partial charge in [-0.2, -0.15) is 5.26 Å². The topological polar surface area (TPSA) is 45.0 Å². The molecule has 0 amide bonds. The number of hydrogen-bond donors (Lipinski definition) is 1. The molecule has 0 saturated heterocycles. The summed E-state index contributed by atoms with van der Waals surface area (Å²) in [4.78, 5) is 0. The molecule has 3 nitrogen and oxygen atoms in total. The number of nitrogens with one attached hydrogen (secondary N) is 1. The fourth-order valence-electron chi connectivity index (χ4n) is 1.42. The maximum atomic E-state index is 13.2. The number of benzene rings is 1. The van der Waals surface area contributed by atoms with Gasteiger partial charge in [-0.05, 0) is 25.0 Å². The molecule has 0 aliphatic heterocycles. The van der Waals surface area contributed by atoms with E-state index in [1.807, 2.05) is 6.07 Å². The molecular weight excluding hydrogens is 226 g/mol. The maximum Gasteiger partial charge on any atom is 0.167 e. The van der Waals surface area contributed by atoms with Gasteiger partial charge in [-0.3, -0.25) is 5.32 Å². The van der Waals surface area contributed by atoms with Crippen LogP contribution in [0.5, 0.6) is 5.75 Å². The van der Waals surface area contributed by atoms with Gasteiger partial charge in [0.2, 0.25) is 0 Å². The van der Waals surface area contributed by atoms with Crippen LogP contribution in [0.25, 0.3) is 0 Å². The molecule has 1 fully saturated rings. The Hall–Kier alpha value is -1.67. The quantitative estimate of drug-likeness (QED) is 0.853. The standard InChI is InChI=1S/C12H12F2N2O/c13-8-1-4-12(11(14)5-8)17-7-10(6-15)16-9-2-3-9/h1,4-5,9-10,16H,2-3,7H2. The zero-order chi connectivity index (χ0) is 12.3. The Bertz CT molecular complexity index is 441. The van der Waals surface area contributed by atoms with E-state index >= 15 is 0 Å². The molecule has 0 heterocycles. The maximum absolute atomic E-state index is 13.2. The first-order valence-corrected chi connectivity index (χ1v) is 5.42. The van der Waals surface area contributed by atoms with Crippen LogP contribution >= 0.6 is 0 Å². The SMILES string of the molecule is N#CC(COc1ccc(F)cc1F)NC1CC1. The van der Waals surface area contributed by atoms with Gasteiger partial charge in [-0.1, -0.05) is 0 Å². The van der Waals surface area contributed by atoms with E-state index in [0.717, 1.165) is 25.0 Å². The number of halogens is 2. The molecule has 5 heteroatoms. The molecule has 90 valence electrons. The van der Waals surface area contributed by atoms with Crippen LogP contribution in [0.4, 0.5) is 8.78 Å². The van der Waals surface area contributed by atoms with Crippen molar-refractivity contribution in [1.82, 2.24) is 5.32 Å². The summed E-state index contributed by atoms with van der Waals surface area (Å²) >= 11 is 0. The van der Waals surface area contributed by atoms with Crippen LogP contribution in [-0.4, -0.2) is 18.7 Å². The van der Waals surface area contributed by atoms with Crippen molar-refractivity contribution in [3.63, 3.8) is 0 Å². The molecule has 1 atom stereocenters. The second-order valence-electron chi connectivity index (χ2n) is 4.01. The summed E-state index contributed by atoms with van der Waals surface area (Å²) in [6.45, 7) is 0.0511. The van der Waals surface area contributed by atoms with Crippen LogP contribution in [0.2, 0.25) is 0 Å². The number of nitrogens with zero attached hydrogens (tertiary/aromatic N) is 1. The van der Waals surface area contributed by atoms with Crippen LogP contribution in [0.3, 0.4) is 0 Å². The van der Waals surface area contributed by atoms with Crippen molar-refractivity contribution in [2.45, 2.75) is 24.9 Å². The third kappa shape index (κ3) is 3.40. The first-order chi connectivity index (χ1) is 8.19. The fraction of sp³-hybridized carbons (Fsp3) is 0.417. The van der Waals surface area contributed by atoms with E-state index in [0.29, 0.717) is 6.04 Å². The van der Waals surface area contributed by atoms with Gasteiger partial charge in [0.25, 0.3) is 0 Å². The normalized spacial score (nSPS) is 16.3. The molecule has 1 aromatic rings. The van der Waals surface area contributed by atoms with Gasteiger partial charge in [0.1, 0.15) is 18.5 Å². The van der Waals surface area contributed by atoms with E-state index in [4.69, 9.17) is 10.00 Å². The van der Waals surface area contributed by atoms with Crippen LogP contribution in [-0.2, 0) is 0 Å². The monoisotopic (exact) mass is 238 g/mol. The molecular formula is C12H12F2N2O. The van der Waals surface area contributed by atoms with Crippen molar-refractivity contribution < 1.29 is 13.5 Å². The van der Waals surface area contributed by atoms with Gasteiger partial charge in [0, 0.05) is 12.1 Å². The van der Waals surface area contributed by atoms with Crippen molar-refractivity contribution in [2.75, 3.05) is 6.61 Å². The van der Waals surface area contributed by atoms with Gasteiger partial charge in [0.05, 0.1) is 6.07 Å². The lowest BCUT2D eigenvalue weighted by Crippen LogP contribution is -2.34. The largest absolute Gasteiger partial charge is 0.488 e. The van der Waals surface area contributed by atoms with E-state index in [9.17, 15) is 8.78 Å². The average Bonchev–Trinajstić information content (AvgIpc) is 3.10. The third-order valence-electron chi connectivity index (χ3n) is 2.47. The van der Waals surface area contributed by atoms with Crippen LogP contribution in [0.1, 0.15) is 12.8 Å². The minimum Gasteiger partial charge on any atom is -0.488 e. The molecule has 0 bridgehead atoms. The van der Waals surface area contributed by atoms with E-state index < -0.39 is 17.7 Å². The Labute approximate surface area is 98.0 Å². The smallest absolute Gasteiger partial charge is 0.167 e. The summed E-state index contributed by atoms with van der Waals surface area (Å²) in [5.41, 5.74) is 0. The van der Waals surface area contributed by atoms with Crippen molar-refractivity contribution in [3.8, 4) is 11.8 Å². The van der Waals surface area contributed by atoms with E-state index in [2.05, 4.69) is 5.32 Å². The lowest BCUT2D eigenvalue weighted by atomic mass is 10.3. The summed E-state index contributed by atoms with van der Waals surface area (Å²) in [5.74, 6) is -1.44. The van der Waals surface area contributed by atoms with Gasteiger partial charge < -0.3 is 4.74 Å². The summed E-state index contributed by atoms with van der Waals surface area (Å²) in [6, 6.07) is 5.04. The van der Waals surface area contributed by atoms with Crippen molar-refractivity contribution >= 4 is 0 Å².